The fraction of sp³-hybridized carbons (Fsp3) is 0.900. The molecule has 114 valence electrons. The first-order valence-corrected chi connectivity index (χ1v) is 7.34. The Morgan fingerprint density at radius 1 is 1.32 bits per heavy atom. The molecule has 0 saturated carbocycles. The Morgan fingerprint density at radius 3 is 2.32 bits per heavy atom. The molecule has 0 N–H and O–H groups in total. The van der Waals surface area contributed by atoms with E-state index >= 15 is 0 Å². The summed E-state index contributed by atoms with van der Waals surface area (Å²) in [6, 6.07) is 0. The van der Waals surface area contributed by atoms with Crippen LogP contribution in [0.1, 0.15) is 26.2 Å². The standard InChI is InChI=1S/C10H18F3NO4S/c1-3-14(7-5-9(15)18-2)19(16,17)8-4-6-10(11,12)13/h3-8H2,1-2H3. The topological polar surface area (TPSA) is 63.7 Å². The van der Waals surface area contributed by atoms with E-state index in [1.54, 1.807) is 6.92 Å². The van der Waals surface area contributed by atoms with Crippen molar-refractivity contribution in [2.75, 3.05) is 26.0 Å². The molecule has 0 aromatic carbocycles. The number of ether oxygens (including phenoxy) is 1. The van der Waals surface area contributed by atoms with Gasteiger partial charge in [0.25, 0.3) is 0 Å². The molecule has 0 aliphatic heterocycles. The van der Waals surface area contributed by atoms with Crippen molar-refractivity contribution in [3.63, 3.8) is 0 Å². The van der Waals surface area contributed by atoms with Gasteiger partial charge < -0.3 is 4.74 Å². The lowest BCUT2D eigenvalue weighted by Gasteiger charge is -2.20. The molecule has 0 atom stereocenters. The number of methoxy groups -OCH3 is 1. The van der Waals surface area contributed by atoms with E-state index in [4.69, 9.17) is 0 Å². The fourth-order valence-corrected chi connectivity index (χ4v) is 2.93. The number of hydrogen-bond donors (Lipinski definition) is 0. The summed E-state index contributed by atoms with van der Waals surface area (Å²) in [4.78, 5) is 10.9. The van der Waals surface area contributed by atoms with Crippen molar-refractivity contribution < 1.29 is 31.1 Å². The van der Waals surface area contributed by atoms with Crippen LogP contribution in [0.3, 0.4) is 0 Å². The lowest BCUT2D eigenvalue weighted by atomic mass is 10.3. The Kier molecular flexibility index (Phi) is 7.35. The zero-order valence-corrected chi connectivity index (χ0v) is 11.7. The van der Waals surface area contributed by atoms with Gasteiger partial charge in [-0.15, -0.1) is 0 Å². The minimum atomic E-state index is -4.36. The summed E-state index contributed by atoms with van der Waals surface area (Å²) in [6.45, 7) is 1.57. The molecule has 0 aromatic heterocycles. The van der Waals surface area contributed by atoms with E-state index in [2.05, 4.69) is 4.74 Å². The van der Waals surface area contributed by atoms with Crippen LogP contribution in [-0.2, 0) is 19.6 Å². The third-order valence-electron chi connectivity index (χ3n) is 2.40. The van der Waals surface area contributed by atoms with Crippen molar-refractivity contribution >= 4 is 16.0 Å². The molecular weight excluding hydrogens is 287 g/mol. The summed E-state index contributed by atoms with van der Waals surface area (Å²) in [7, 11) is -2.60. The highest BCUT2D eigenvalue weighted by atomic mass is 32.2. The summed E-state index contributed by atoms with van der Waals surface area (Å²) in [5.41, 5.74) is 0. The maximum Gasteiger partial charge on any atom is 0.389 e. The van der Waals surface area contributed by atoms with Crippen molar-refractivity contribution in [2.45, 2.75) is 32.4 Å². The summed E-state index contributed by atoms with van der Waals surface area (Å²) in [5, 5.41) is 0. The maximum atomic E-state index is 11.9. The lowest BCUT2D eigenvalue weighted by Crippen LogP contribution is -2.35. The highest BCUT2D eigenvalue weighted by Gasteiger charge is 2.29. The number of alkyl halides is 3. The average Bonchev–Trinajstić information content (AvgIpc) is 2.26. The maximum absolute atomic E-state index is 11.9. The molecule has 0 aromatic rings. The van der Waals surface area contributed by atoms with Crippen LogP contribution in [0.4, 0.5) is 13.2 Å². The minimum absolute atomic E-state index is 0.0858. The second kappa shape index (κ2) is 7.68. The van der Waals surface area contributed by atoms with Gasteiger partial charge in [-0.3, -0.25) is 4.79 Å². The monoisotopic (exact) mass is 305 g/mol. The molecule has 0 unspecified atom stereocenters. The van der Waals surface area contributed by atoms with E-state index in [0.29, 0.717) is 0 Å². The summed E-state index contributed by atoms with van der Waals surface area (Å²) >= 11 is 0. The Bertz CT molecular complexity index is 381. The summed E-state index contributed by atoms with van der Waals surface area (Å²) < 4.78 is 64.7. The predicted octanol–water partition coefficient (Wildman–Crippen LogP) is 1.54. The van der Waals surface area contributed by atoms with Crippen LogP contribution in [0.15, 0.2) is 0 Å². The van der Waals surface area contributed by atoms with Gasteiger partial charge in [-0.25, -0.2) is 12.7 Å². The molecule has 19 heavy (non-hydrogen) atoms. The first-order chi connectivity index (χ1) is 8.62. The molecule has 0 bridgehead atoms. The van der Waals surface area contributed by atoms with Gasteiger partial charge in [0, 0.05) is 19.5 Å². The highest BCUT2D eigenvalue weighted by molar-refractivity contribution is 7.89. The number of hydrogen-bond acceptors (Lipinski definition) is 4. The second-order valence-electron chi connectivity index (χ2n) is 3.85. The van der Waals surface area contributed by atoms with Crippen molar-refractivity contribution in [2.24, 2.45) is 0 Å². The number of rotatable bonds is 8. The molecule has 5 nitrogen and oxygen atoms in total. The molecule has 0 aliphatic rings. The van der Waals surface area contributed by atoms with Gasteiger partial charge in [0.05, 0.1) is 19.3 Å². The van der Waals surface area contributed by atoms with Crippen molar-refractivity contribution in [3.8, 4) is 0 Å². The normalized spacial score (nSPS) is 12.7. The lowest BCUT2D eigenvalue weighted by molar-refractivity contribution is -0.140. The third kappa shape index (κ3) is 8.04. The quantitative estimate of drug-likeness (QED) is 0.638. The van der Waals surface area contributed by atoms with Crippen molar-refractivity contribution in [1.82, 2.24) is 4.31 Å². The largest absolute Gasteiger partial charge is 0.469 e. The predicted molar refractivity (Wildman–Crippen MR) is 63.0 cm³/mol. The number of carbonyl (C=O) groups excluding carboxylic acids is 1. The van der Waals surface area contributed by atoms with Crippen molar-refractivity contribution in [3.05, 3.63) is 0 Å². The van der Waals surface area contributed by atoms with E-state index in [-0.39, 0.29) is 19.5 Å². The first kappa shape index (κ1) is 18.2. The van der Waals surface area contributed by atoms with E-state index in [1.807, 2.05) is 0 Å². The Balaban J connectivity index is 4.37. The van der Waals surface area contributed by atoms with Crippen LogP contribution < -0.4 is 0 Å². The Hall–Kier alpha value is -0.830. The van der Waals surface area contributed by atoms with E-state index in [9.17, 15) is 26.4 Å². The molecule has 0 saturated heterocycles. The molecule has 0 rings (SSSR count). The Labute approximate surface area is 110 Å². The van der Waals surface area contributed by atoms with Crippen LogP contribution >= 0.6 is 0 Å². The Morgan fingerprint density at radius 2 is 1.89 bits per heavy atom. The van der Waals surface area contributed by atoms with Crippen LogP contribution in [0.25, 0.3) is 0 Å². The molecule has 0 heterocycles. The average molecular weight is 305 g/mol. The van der Waals surface area contributed by atoms with E-state index < -0.39 is 40.8 Å². The number of nitrogens with zero attached hydrogens (tertiary/aromatic N) is 1. The molecule has 0 aliphatic carbocycles. The smallest absolute Gasteiger partial charge is 0.389 e. The zero-order valence-electron chi connectivity index (χ0n) is 10.9. The van der Waals surface area contributed by atoms with Gasteiger partial charge >= 0.3 is 12.1 Å². The van der Waals surface area contributed by atoms with E-state index in [0.717, 1.165) is 4.31 Å². The molecule has 9 heteroatoms. The number of carbonyl (C=O) groups is 1. The van der Waals surface area contributed by atoms with E-state index in [1.165, 1.54) is 7.11 Å². The zero-order chi connectivity index (χ0) is 15.1. The SMILES string of the molecule is CCN(CCC(=O)OC)S(=O)(=O)CCCC(F)(F)F. The summed E-state index contributed by atoms with van der Waals surface area (Å²) in [5.74, 6) is -1.15. The van der Waals surface area contributed by atoms with Gasteiger partial charge in [0.15, 0.2) is 0 Å². The summed E-state index contributed by atoms with van der Waals surface area (Å²) in [6.07, 6.45) is -6.11. The van der Waals surface area contributed by atoms with Gasteiger partial charge in [-0.2, -0.15) is 13.2 Å². The fourth-order valence-electron chi connectivity index (χ4n) is 1.40. The number of esters is 1. The molecule has 0 radical (unpaired) electrons. The third-order valence-corrected chi connectivity index (χ3v) is 4.43. The first-order valence-electron chi connectivity index (χ1n) is 5.73. The molecule has 0 amide bonds. The van der Waals surface area contributed by atoms with Crippen LogP contribution in [0.5, 0.6) is 0 Å². The van der Waals surface area contributed by atoms with Crippen LogP contribution in [-0.4, -0.2) is 50.8 Å². The number of sulfonamides is 1. The van der Waals surface area contributed by atoms with Gasteiger partial charge in [0.2, 0.25) is 10.0 Å². The molecule has 0 fully saturated rings. The van der Waals surface area contributed by atoms with Gasteiger partial charge in [-0.1, -0.05) is 6.92 Å². The highest BCUT2D eigenvalue weighted by Crippen LogP contribution is 2.22. The van der Waals surface area contributed by atoms with Crippen molar-refractivity contribution in [1.29, 1.82) is 0 Å². The van der Waals surface area contributed by atoms with Gasteiger partial charge in [-0.05, 0) is 6.42 Å². The molecular formula is C10H18F3NO4S. The molecule has 0 spiro atoms. The van der Waals surface area contributed by atoms with Crippen LogP contribution in [0, 0.1) is 0 Å². The number of halogens is 3. The van der Waals surface area contributed by atoms with Gasteiger partial charge in [0.1, 0.15) is 0 Å². The minimum Gasteiger partial charge on any atom is -0.469 e. The van der Waals surface area contributed by atoms with Crippen LogP contribution in [0.2, 0.25) is 0 Å². The second-order valence-corrected chi connectivity index (χ2v) is 5.94.